The number of hydrogen-bond acceptors (Lipinski definition) is 3. The molecule has 1 heterocycles. The Bertz CT molecular complexity index is 355. The van der Waals surface area contributed by atoms with Crippen molar-refractivity contribution in [1.29, 1.82) is 0 Å². The SMILES string of the molecule is Cc1c(O)ccc2c1OCC2=O. The zero-order valence-electron chi connectivity index (χ0n) is 6.63. The highest BCUT2D eigenvalue weighted by Gasteiger charge is 2.23. The minimum Gasteiger partial charge on any atom is -0.508 e. The lowest BCUT2D eigenvalue weighted by Gasteiger charge is -2.03. The smallest absolute Gasteiger partial charge is 0.203 e. The van der Waals surface area contributed by atoms with E-state index in [4.69, 9.17) is 4.74 Å². The number of ketones is 1. The van der Waals surface area contributed by atoms with E-state index in [-0.39, 0.29) is 18.1 Å². The van der Waals surface area contributed by atoms with Crippen molar-refractivity contribution in [2.24, 2.45) is 0 Å². The summed E-state index contributed by atoms with van der Waals surface area (Å²) in [4.78, 5) is 11.1. The van der Waals surface area contributed by atoms with Gasteiger partial charge in [-0.1, -0.05) is 0 Å². The summed E-state index contributed by atoms with van der Waals surface area (Å²) in [6.45, 7) is 1.83. The number of phenols is 1. The van der Waals surface area contributed by atoms with Gasteiger partial charge in [0.2, 0.25) is 5.78 Å². The van der Waals surface area contributed by atoms with Gasteiger partial charge in [0, 0.05) is 5.56 Å². The van der Waals surface area contributed by atoms with Gasteiger partial charge in [0.15, 0.2) is 6.61 Å². The predicted octanol–water partition coefficient (Wildman–Crippen LogP) is 1.28. The molecule has 12 heavy (non-hydrogen) atoms. The zero-order valence-corrected chi connectivity index (χ0v) is 6.63. The first-order valence-corrected chi connectivity index (χ1v) is 3.68. The fourth-order valence-corrected chi connectivity index (χ4v) is 1.30. The van der Waals surface area contributed by atoms with Crippen molar-refractivity contribution in [2.45, 2.75) is 6.92 Å². The Morgan fingerprint density at radius 2 is 2.25 bits per heavy atom. The van der Waals surface area contributed by atoms with E-state index in [2.05, 4.69) is 0 Å². The number of rotatable bonds is 0. The molecule has 0 radical (unpaired) electrons. The highest BCUT2D eigenvalue weighted by Crippen LogP contribution is 2.34. The topological polar surface area (TPSA) is 46.5 Å². The first kappa shape index (κ1) is 7.16. The van der Waals surface area contributed by atoms with Gasteiger partial charge < -0.3 is 9.84 Å². The van der Waals surface area contributed by atoms with Crippen LogP contribution >= 0.6 is 0 Å². The minimum absolute atomic E-state index is 0.0203. The van der Waals surface area contributed by atoms with Crippen molar-refractivity contribution in [3.8, 4) is 11.5 Å². The first-order chi connectivity index (χ1) is 5.70. The van der Waals surface area contributed by atoms with Gasteiger partial charge in [-0.25, -0.2) is 0 Å². The maximum atomic E-state index is 11.1. The number of hydrogen-bond donors (Lipinski definition) is 1. The highest BCUT2D eigenvalue weighted by atomic mass is 16.5. The second kappa shape index (κ2) is 2.24. The molecule has 0 unspecified atom stereocenters. The lowest BCUT2D eigenvalue weighted by atomic mass is 10.1. The number of Topliss-reactive ketones (excluding diaryl/α,β-unsaturated/α-hetero) is 1. The van der Waals surface area contributed by atoms with Crippen LogP contribution in [0.3, 0.4) is 0 Å². The third-order valence-corrected chi connectivity index (χ3v) is 2.03. The van der Waals surface area contributed by atoms with Crippen LogP contribution in [-0.2, 0) is 0 Å². The van der Waals surface area contributed by atoms with Crippen LogP contribution in [0, 0.1) is 6.92 Å². The zero-order chi connectivity index (χ0) is 8.72. The summed E-state index contributed by atoms with van der Waals surface area (Å²) in [5.74, 6) is 0.677. The molecule has 3 heteroatoms. The summed E-state index contributed by atoms with van der Waals surface area (Å²) >= 11 is 0. The molecule has 0 saturated heterocycles. The molecule has 1 aromatic carbocycles. The molecule has 1 aliphatic heterocycles. The Balaban J connectivity index is 2.68. The maximum Gasteiger partial charge on any atom is 0.203 e. The minimum atomic E-state index is -0.0203. The van der Waals surface area contributed by atoms with Crippen molar-refractivity contribution in [2.75, 3.05) is 6.61 Å². The summed E-state index contributed by atoms with van der Waals surface area (Å²) in [5, 5.41) is 9.28. The Morgan fingerprint density at radius 1 is 1.50 bits per heavy atom. The number of fused-ring (bicyclic) bond motifs is 1. The van der Waals surface area contributed by atoms with Crippen LogP contribution in [-0.4, -0.2) is 17.5 Å². The Morgan fingerprint density at radius 3 is 3.00 bits per heavy atom. The van der Waals surface area contributed by atoms with Crippen LogP contribution < -0.4 is 4.74 Å². The van der Waals surface area contributed by atoms with E-state index in [0.717, 1.165) is 0 Å². The number of phenolic OH excluding ortho intramolecular Hbond substituents is 1. The normalized spacial score (nSPS) is 14.2. The Hall–Kier alpha value is -1.51. The van der Waals surface area contributed by atoms with E-state index < -0.39 is 0 Å². The molecule has 0 amide bonds. The Labute approximate surface area is 69.6 Å². The van der Waals surface area contributed by atoms with Gasteiger partial charge in [-0.2, -0.15) is 0 Å². The summed E-state index contributed by atoms with van der Waals surface area (Å²) in [6, 6.07) is 3.10. The fourth-order valence-electron chi connectivity index (χ4n) is 1.30. The quantitative estimate of drug-likeness (QED) is 0.628. The van der Waals surface area contributed by atoms with Crippen LogP contribution in [0.15, 0.2) is 12.1 Å². The summed E-state index contributed by atoms with van der Waals surface area (Å²) in [7, 11) is 0. The number of ether oxygens (including phenoxy) is 1. The second-order valence-corrected chi connectivity index (χ2v) is 2.80. The molecule has 0 bridgehead atoms. The fraction of sp³-hybridized carbons (Fsp3) is 0.222. The summed E-state index contributed by atoms with van der Waals surface area (Å²) in [5.41, 5.74) is 1.21. The van der Waals surface area contributed by atoms with Crippen LogP contribution in [0.4, 0.5) is 0 Å². The third kappa shape index (κ3) is 0.794. The number of benzene rings is 1. The van der Waals surface area contributed by atoms with Crippen molar-refractivity contribution < 1.29 is 14.6 Å². The van der Waals surface area contributed by atoms with Gasteiger partial charge in [-0.15, -0.1) is 0 Å². The Kier molecular flexibility index (Phi) is 1.33. The lowest BCUT2D eigenvalue weighted by molar-refractivity contribution is 0.0961. The average Bonchev–Trinajstić information content (AvgIpc) is 2.41. The second-order valence-electron chi connectivity index (χ2n) is 2.80. The largest absolute Gasteiger partial charge is 0.508 e. The highest BCUT2D eigenvalue weighted by molar-refractivity contribution is 6.02. The van der Waals surface area contributed by atoms with Gasteiger partial charge in [0.1, 0.15) is 11.5 Å². The number of carbonyl (C=O) groups is 1. The van der Waals surface area contributed by atoms with E-state index in [1.807, 2.05) is 0 Å². The van der Waals surface area contributed by atoms with Crippen LogP contribution in [0.5, 0.6) is 11.5 Å². The van der Waals surface area contributed by atoms with Crippen molar-refractivity contribution in [3.05, 3.63) is 23.3 Å². The average molecular weight is 164 g/mol. The third-order valence-electron chi connectivity index (χ3n) is 2.03. The molecule has 1 N–H and O–H groups in total. The molecular formula is C9H8O3. The van der Waals surface area contributed by atoms with E-state index in [1.165, 1.54) is 6.07 Å². The monoisotopic (exact) mass is 164 g/mol. The molecule has 1 aromatic rings. The van der Waals surface area contributed by atoms with Crippen LogP contribution in [0.1, 0.15) is 15.9 Å². The molecule has 1 aliphatic rings. The maximum absolute atomic E-state index is 11.1. The molecule has 62 valence electrons. The van der Waals surface area contributed by atoms with E-state index in [0.29, 0.717) is 16.9 Å². The molecular weight excluding hydrogens is 156 g/mol. The van der Waals surface area contributed by atoms with E-state index >= 15 is 0 Å². The van der Waals surface area contributed by atoms with Crippen molar-refractivity contribution in [3.63, 3.8) is 0 Å². The molecule has 0 aliphatic carbocycles. The van der Waals surface area contributed by atoms with Crippen LogP contribution in [0.2, 0.25) is 0 Å². The molecule has 0 atom stereocenters. The van der Waals surface area contributed by atoms with Gasteiger partial charge in [0.25, 0.3) is 0 Å². The number of carbonyl (C=O) groups excluding carboxylic acids is 1. The van der Waals surface area contributed by atoms with E-state index in [1.54, 1.807) is 13.0 Å². The lowest BCUT2D eigenvalue weighted by Crippen LogP contribution is -1.98. The van der Waals surface area contributed by atoms with Crippen LogP contribution in [0.25, 0.3) is 0 Å². The van der Waals surface area contributed by atoms with Gasteiger partial charge >= 0.3 is 0 Å². The van der Waals surface area contributed by atoms with Gasteiger partial charge in [0.05, 0.1) is 5.56 Å². The molecule has 2 rings (SSSR count). The van der Waals surface area contributed by atoms with Crippen molar-refractivity contribution in [1.82, 2.24) is 0 Å². The molecule has 0 fully saturated rings. The molecule has 0 spiro atoms. The predicted molar refractivity (Wildman–Crippen MR) is 42.7 cm³/mol. The van der Waals surface area contributed by atoms with Gasteiger partial charge in [-0.3, -0.25) is 4.79 Å². The first-order valence-electron chi connectivity index (χ1n) is 3.68. The summed E-state index contributed by atoms with van der Waals surface area (Å²) in [6.07, 6.45) is 0. The summed E-state index contributed by atoms with van der Waals surface area (Å²) < 4.78 is 5.11. The van der Waals surface area contributed by atoms with E-state index in [9.17, 15) is 9.90 Å². The standard InChI is InChI=1S/C9H8O3/c1-5-7(10)3-2-6-8(11)4-12-9(5)6/h2-3,10H,4H2,1H3. The van der Waals surface area contributed by atoms with Crippen molar-refractivity contribution >= 4 is 5.78 Å². The van der Waals surface area contributed by atoms with Gasteiger partial charge in [-0.05, 0) is 19.1 Å². The molecule has 0 saturated carbocycles. The molecule has 3 nitrogen and oxygen atoms in total. The molecule has 0 aromatic heterocycles. The number of aromatic hydroxyl groups is 1.